The number of rotatable bonds is 0. The Balaban J connectivity index is 2.52. The second-order valence-electron chi connectivity index (χ2n) is 4.42. The highest BCUT2D eigenvalue weighted by molar-refractivity contribution is 4.86. The fourth-order valence-electron chi connectivity index (χ4n) is 1.63. The topological polar surface area (TPSA) is 23.8 Å². The van der Waals surface area contributed by atoms with E-state index >= 15 is 0 Å². The first-order chi connectivity index (χ1) is 4.52. The first kappa shape index (κ1) is 8.06. The van der Waals surface area contributed by atoms with E-state index in [0.717, 1.165) is 12.3 Å². The normalized spacial score (nSPS) is 39.6. The molecule has 0 aromatic carbocycles. The van der Waals surface area contributed by atoms with Crippen molar-refractivity contribution in [2.75, 3.05) is 0 Å². The van der Waals surface area contributed by atoms with Gasteiger partial charge in [-0.25, -0.2) is 0 Å². The van der Waals surface area contributed by atoms with Gasteiger partial charge in [0.05, 0.1) is 0 Å². The van der Waals surface area contributed by atoms with Crippen LogP contribution in [0.3, 0.4) is 0 Å². The van der Waals surface area contributed by atoms with Crippen molar-refractivity contribution in [3.63, 3.8) is 0 Å². The van der Waals surface area contributed by atoms with E-state index in [1.165, 1.54) is 12.8 Å². The number of hydrogen-bond acceptors (Lipinski definition) is 0. The standard InChI is InChI=1S/C9H18N/c1-7-4-5-9(2,3)8(10)6-7/h7-8,10H,4-6H2,1-3H3. The third-order valence-corrected chi connectivity index (χ3v) is 2.86. The maximum absolute atomic E-state index is 7.81. The summed E-state index contributed by atoms with van der Waals surface area (Å²) >= 11 is 0. The summed E-state index contributed by atoms with van der Waals surface area (Å²) in [6, 6.07) is 0.177. The molecule has 0 bridgehead atoms. The van der Waals surface area contributed by atoms with Crippen molar-refractivity contribution in [1.29, 1.82) is 0 Å². The van der Waals surface area contributed by atoms with Crippen LogP contribution in [-0.2, 0) is 0 Å². The van der Waals surface area contributed by atoms with Gasteiger partial charge in [0.1, 0.15) is 0 Å². The van der Waals surface area contributed by atoms with Crippen molar-refractivity contribution in [2.45, 2.75) is 46.1 Å². The molecule has 1 aliphatic rings. The van der Waals surface area contributed by atoms with Crippen LogP contribution in [0.15, 0.2) is 0 Å². The van der Waals surface area contributed by atoms with Crippen LogP contribution in [0.1, 0.15) is 40.0 Å². The van der Waals surface area contributed by atoms with E-state index in [4.69, 9.17) is 5.73 Å². The lowest BCUT2D eigenvalue weighted by Crippen LogP contribution is -2.36. The summed E-state index contributed by atoms with van der Waals surface area (Å²) in [7, 11) is 0. The average molecular weight is 140 g/mol. The number of nitrogens with one attached hydrogen (secondary N) is 1. The predicted molar refractivity (Wildman–Crippen MR) is 43.7 cm³/mol. The minimum Gasteiger partial charge on any atom is -0.254 e. The first-order valence-corrected chi connectivity index (χ1v) is 4.23. The van der Waals surface area contributed by atoms with Crippen molar-refractivity contribution < 1.29 is 0 Å². The van der Waals surface area contributed by atoms with Gasteiger partial charge in [0.2, 0.25) is 0 Å². The lowest BCUT2D eigenvalue weighted by Gasteiger charge is -2.38. The summed E-state index contributed by atoms with van der Waals surface area (Å²) in [4.78, 5) is 0. The van der Waals surface area contributed by atoms with Crippen LogP contribution < -0.4 is 5.73 Å². The van der Waals surface area contributed by atoms with E-state index in [1.54, 1.807) is 0 Å². The molecule has 0 aromatic rings. The van der Waals surface area contributed by atoms with Crippen LogP contribution in [0, 0.1) is 11.3 Å². The minimum absolute atomic E-state index is 0.177. The van der Waals surface area contributed by atoms with Gasteiger partial charge in [-0.05, 0) is 24.2 Å². The second-order valence-corrected chi connectivity index (χ2v) is 4.42. The molecule has 1 radical (unpaired) electrons. The van der Waals surface area contributed by atoms with Crippen molar-refractivity contribution >= 4 is 0 Å². The molecule has 1 aliphatic carbocycles. The van der Waals surface area contributed by atoms with Gasteiger partial charge in [-0.3, -0.25) is 5.73 Å². The molecule has 1 saturated carbocycles. The van der Waals surface area contributed by atoms with Crippen LogP contribution in [0.5, 0.6) is 0 Å². The number of hydrogen-bond donors (Lipinski definition) is 0. The second kappa shape index (κ2) is 2.54. The zero-order valence-corrected chi connectivity index (χ0v) is 7.28. The van der Waals surface area contributed by atoms with Crippen molar-refractivity contribution in [1.82, 2.24) is 5.73 Å². The maximum Gasteiger partial charge on any atom is 0.0266 e. The van der Waals surface area contributed by atoms with Crippen molar-refractivity contribution in [3.8, 4) is 0 Å². The molecular formula is C9H18N. The van der Waals surface area contributed by atoms with Gasteiger partial charge in [0, 0.05) is 6.04 Å². The molecule has 1 heteroatoms. The third kappa shape index (κ3) is 1.51. The van der Waals surface area contributed by atoms with Crippen molar-refractivity contribution in [3.05, 3.63) is 0 Å². The van der Waals surface area contributed by atoms with Gasteiger partial charge < -0.3 is 0 Å². The molecule has 1 nitrogen and oxygen atoms in total. The molecule has 0 heterocycles. The Hall–Kier alpha value is -0.0400. The Morgan fingerprint density at radius 1 is 1.40 bits per heavy atom. The fraction of sp³-hybridized carbons (Fsp3) is 1.00. The average Bonchev–Trinajstić information content (AvgIpc) is 1.81. The Kier molecular flexibility index (Phi) is 2.04. The summed E-state index contributed by atoms with van der Waals surface area (Å²) in [5, 5.41) is 0. The lowest BCUT2D eigenvalue weighted by molar-refractivity contribution is 0.159. The van der Waals surface area contributed by atoms with E-state index < -0.39 is 0 Å². The monoisotopic (exact) mass is 140 g/mol. The van der Waals surface area contributed by atoms with Gasteiger partial charge in [-0.15, -0.1) is 0 Å². The molecule has 2 unspecified atom stereocenters. The third-order valence-electron chi connectivity index (χ3n) is 2.86. The Labute approximate surface area is 64.0 Å². The Morgan fingerprint density at radius 2 is 2.00 bits per heavy atom. The first-order valence-electron chi connectivity index (χ1n) is 4.23. The molecule has 59 valence electrons. The highest BCUT2D eigenvalue weighted by Crippen LogP contribution is 2.37. The molecule has 0 aliphatic heterocycles. The van der Waals surface area contributed by atoms with E-state index in [0.29, 0.717) is 0 Å². The molecule has 0 aromatic heterocycles. The summed E-state index contributed by atoms with van der Waals surface area (Å²) in [6.07, 6.45) is 3.66. The molecule has 10 heavy (non-hydrogen) atoms. The Morgan fingerprint density at radius 3 is 2.40 bits per heavy atom. The molecule has 1 fully saturated rings. The van der Waals surface area contributed by atoms with Gasteiger partial charge in [-0.2, -0.15) is 0 Å². The van der Waals surface area contributed by atoms with Gasteiger partial charge in [0.25, 0.3) is 0 Å². The smallest absolute Gasteiger partial charge is 0.0266 e. The van der Waals surface area contributed by atoms with Crippen molar-refractivity contribution in [2.24, 2.45) is 11.3 Å². The predicted octanol–water partition coefficient (Wildman–Crippen LogP) is 2.48. The van der Waals surface area contributed by atoms with Crippen LogP contribution in [0.25, 0.3) is 0 Å². The zero-order chi connectivity index (χ0) is 7.78. The lowest BCUT2D eigenvalue weighted by atomic mass is 9.70. The van der Waals surface area contributed by atoms with Gasteiger partial charge in [-0.1, -0.05) is 27.2 Å². The molecular weight excluding hydrogens is 122 g/mol. The SMILES string of the molecule is CC1CCC(C)(C)C([NH])C1. The quantitative estimate of drug-likeness (QED) is 0.493. The molecule has 0 saturated heterocycles. The van der Waals surface area contributed by atoms with Crippen LogP contribution in [0.4, 0.5) is 0 Å². The van der Waals surface area contributed by atoms with E-state index in [1.807, 2.05) is 0 Å². The largest absolute Gasteiger partial charge is 0.254 e. The molecule has 1 N–H and O–H groups in total. The zero-order valence-electron chi connectivity index (χ0n) is 7.28. The molecule has 0 amide bonds. The summed E-state index contributed by atoms with van der Waals surface area (Å²) < 4.78 is 0. The van der Waals surface area contributed by atoms with E-state index in [9.17, 15) is 0 Å². The van der Waals surface area contributed by atoms with E-state index in [-0.39, 0.29) is 11.5 Å². The van der Waals surface area contributed by atoms with Crippen LogP contribution in [-0.4, -0.2) is 6.04 Å². The summed E-state index contributed by atoms with van der Waals surface area (Å²) in [5.74, 6) is 0.788. The highest BCUT2D eigenvalue weighted by Gasteiger charge is 2.32. The van der Waals surface area contributed by atoms with Crippen LogP contribution in [0.2, 0.25) is 0 Å². The fourth-order valence-corrected chi connectivity index (χ4v) is 1.63. The van der Waals surface area contributed by atoms with E-state index in [2.05, 4.69) is 20.8 Å². The minimum atomic E-state index is 0.177. The molecule has 2 atom stereocenters. The maximum atomic E-state index is 7.81. The van der Waals surface area contributed by atoms with Gasteiger partial charge >= 0.3 is 0 Å². The van der Waals surface area contributed by atoms with Crippen LogP contribution >= 0.6 is 0 Å². The summed E-state index contributed by atoms with van der Waals surface area (Å²) in [6.45, 7) is 6.70. The molecule has 0 spiro atoms. The molecule has 1 rings (SSSR count). The van der Waals surface area contributed by atoms with Gasteiger partial charge in [0.15, 0.2) is 0 Å². The Bertz CT molecular complexity index is 118. The highest BCUT2D eigenvalue weighted by atomic mass is 14.7. The summed E-state index contributed by atoms with van der Waals surface area (Å²) in [5.41, 5.74) is 8.09.